The number of anilines is 1. The van der Waals surface area contributed by atoms with Gasteiger partial charge >= 0.3 is 12.1 Å². The summed E-state index contributed by atoms with van der Waals surface area (Å²) in [5.74, 6) is -1.28. The molecule has 0 aliphatic rings. The molecule has 0 aliphatic heterocycles. The zero-order chi connectivity index (χ0) is 11.6. The maximum atomic E-state index is 12.2. The summed E-state index contributed by atoms with van der Waals surface area (Å²) in [5.41, 5.74) is 3.80. The Morgan fingerprint density at radius 3 is 2.53 bits per heavy atom. The Morgan fingerprint density at radius 2 is 2.07 bits per heavy atom. The van der Waals surface area contributed by atoms with Gasteiger partial charge in [-0.2, -0.15) is 13.2 Å². The van der Waals surface area contributed by atoms with Crippen LogP contribution >= 0.6 is 0 Å². The van der Waals surface area contributed by atoms with Gasteiger partial charge in [0.2, 0.25) is 0 Å². The maximum Gasteiger partial charge on any atom is 0.433 e. The van der Waals surface area contributed by atoms with Crippen LogP contribution in [0.4, 0.5) is 18.9 Å². The molecule has 0 unspecified atom stereocenters. The molecule has 1 rings (SSSR count). The number of carboxylic acids is 1. The van der Waals surface area contributed by atoms with Gasteiger partial charge in [-0.1, -0.05) is 0 Å². The molecular formula is C8H7F3N2O2. The Hall–Kier alpha value is -1.79. The first-order valence-electron chi connectivity index (χ1n) is 3.85. The Bertz CT molecular complexity index is 390. The van der Waals surface area contributed by atoms with Crippen molar-refractivity contribution in [3.8, 4) is 0 Å². The van der Waals surface area contributed by atoms with Crippen LogP contribution in [-0.2, 0) is 17.4 Å². The molecule has 82 valence electrons. The van der Waals surface area contributed by atoms with E-state index in [1.54, 1.807) is 0 Å². The number of nitrogens with two attached hydrogens (primary N) is 1. The van der Waals surface area contributed by atoms with Crippen LogP contribution in [0.5, 0.6) is 0 Å². The van der Waals surface area contributed by atoms with E-state index < -0.39 is 24.3 Å². The summed E-state index contributed by atoms with van der Waals surface area (Å²) in [6.07, 6.45) is -5.23. The van der Waals surface area contributed by atoms with Crippen molar-refractivity contribution in [1.29, 1.82) is 0 Å². The van der Waals surface area contributed by atoms with Gasteiger partial charge in [0.25, 0.3) is 0 Å². The lowest BCUT2D eigenvalue weighted by atomic mass is 10.2. The fourth-order valence-corrected chi connectivity index (χ4v) is 0.955. The Balaban J connectivity index is 3.11. The highest BCUT2D eigenvalue weighted by molar-refractivity contribution is 5.71. The summed E-state index contributed by atoms with van der Waals surface area (Å²) in [5, 5.41) is 8.41. The molecular weight excluding hydrogens is 213 g/mol. The second-order valence-corrected chi connectivity index (χ2v) is 2.80. The largest absolute Gasteiger partial charge is 0.481 e. The molecule has 1 aromatic heterocycles. The number of carboxylic acid groups (broad SMARTS) is 1. The Kier molecular flexibility index (Phi) is 2.83. The van der Waals surface area contributed by atoms with Crippen LogP contribution in [0.1, 0.15) is 11.4 Å². The minimum atomic E-state index is -4.60. The minimum absolute atomic E-state index is 0.0644. The molecule has 0 atom stereocenters. The molecule has 0 saturated heterocycles. The first-order valence-corrected chi connectivity index (χ1v) is 3.85. The van der Waals surface area contributed by atoms with E-state index in [4.69, 9.17) is 10.8 Å². The number of rotatable bonds is 2. The van der Waals surface area contributed by atoms with Crippen LogP contribution < -0.4 is 5.73 Å². The number of carbonyl (C=O) groups is 1. The molecule has 0 bridgehead atoms. The lowest BCUT2D eigenvalue weighted by Crippen LogP contribution is -2.13. The van der Waals surface area contributed by atoms with Crippen molar-refractivity contribution in [2.75, 3.05) is 5.73 Å². The van der Waals surface area contributed by atoms with Crippen molar-refractivity contribution >= 4 is 11.7 Å². The molecule has 4 nitrogen and oxygen atoms in total. The standard InChI is InChI=1S/C8H7F3N2O2/c9-8(10,11)6-2-1-4(12)5(13-6)3-7(14)15/h1-2H,3,12H2,(H,14,15). The molecule has 0 radical (unpaired) electrons. The molecule has 0 fully saturated rings. The summed E-state index contributed by atoms with van der Waals surface area (Å²) >= 11 is 0. The number of halogens is 3. The first kappa shape index (κ1) is 11.3. The van der Waals surface area contributed by atoms with Crippen molar-refractivity contribution in [2.24, 2.45) is 0 Å². The van der Waals surface area contributed by atoms with Crippen LogP contribution in [0.25, 0.3) is 0 Å². The van der Waals surface area contributed by atoms with Gasteiger partial charge in [-0.3, -0.25) is 4.79 Å². The Morgan fingerprint density at radius 1 is 1.47 bits per heavy atom. The number of nitrogens with zero attached hydrogens (tertiary/aromatic N) is 1. The second kappa shape index (κ2) is 3.76. The molecule has 0 aliphatic carbocycles. The number of hydrogen-bond donors (Lipinski definition) is 2. The van der Waals surface area contributed by atoms with Crippen LogP contribution in [0.15, 0.2) is 12.1 Å². The summed E-state index contributed by atoms with van der Waals surface area (Å²) in [6.45, 7) is 0. The van der Waals surface area contributed by atoms with E-state index >= 15 is 0 Å². The van der Waals surface area contributed by atoms with E-state index in [0.717, 1.165) is 6.07 Å². The normalized spacial score (nSPS) is 11.4. The average Bonchev–Trinajstić information content (AvgIpc) is 2.06. The molecule has 15 heavy (non-hydrogen) atoms. The van der Waals surface area contributed by atoms with E-state index in [1.807, 2.05) is 0 Å². The quantitative estimate of drug-likeness (QED) is 0.787. The van der Waals surface area contributed by atoms with Gasteiger partial charge in [-0.25, -0.2) is 4.98 Å². The van der Waals surface area contributed by atoms with Gasteiger partial charge in [0.05, 0.1) is 17.8 Å². The first-order chi connectivity index (χ1) is 6.80. The van der Waals surface area contributed by atoms with Crippen LogP contribution in [-0.4, -0.2) is 16.1 Å². The molecule has 0 aromatic carbocycles. The Labute approximate surface area is 82.5 Å². The van der Waals surface area contributed by atoms with E-state index in [-0.39, 0.29) is 11.4 Å². The highest BCUT2D eigenvalue weighted by Crippen LogP contribution is 2.28. The van der Waals surface area contributed by atoms with Gasteiger partial charge in [0.15, 0.2) is 0 Å². The minimum Gasteiger partial charge on any atom is -0.481 e. The fourth-order valence-electron chi connectivity index (χ4n) is 0.955. The average molecular weight is 220 g/mol. The van der Waals surface area contributed by atoms with Crippen LogP contribution in [0.3, 0.4) is 0 Å². The van der Waals surface area contributed by atoms with Gasteiger partial charge in [0, 0.05) is 0 Å². The molecule has 1 heterocycles. The second-order valence-electron chi connectivity index (χ2n) is 2.80. The highest BCUT2D eigenvalue weighted by Gasteiger charge is 2.32. The SMILES string of the molecule is Nc1ccc(C(F)(F)F)nc1CC(=O)O. The van der Waals surface area contributed by atoms with Crippen molar-refractivity contribution < 1.29 is 23.1 Å². The monoisotopic (exact) mass is 220 g/mol. The number of pyridine rings is 1. The third-order valence-electron chi connectivity index (χ3n) is 1.62. The topological polar surface area (TPSA) is 76.2 Å². The van der Waals surface area contributed by atoms with Crippen LogP contribution in [0, 0.1) is 0 Å². The number of hydrogen-bond acceptors (Lipinski definition) is 3. The lowest BCUT2D eigenvalue weighted by Gasteiger charge is -2.08. The van der Waals surface area contributed by atoms with Gasteiger partial charge < -0.3 is 10.8 Å². The van der Waals surface area contributed by atoms with E-state index in [0.29, 0.717) is 6.07 Å². The summed E-state index contributed by atoms with van der Waals surface area (Å²) in [6, 6.07) is 1.70. The van der Waals surface area contributed by atoms with E-state index in [2.05, 4.69) is 4.98 Å². The van der Waals surface area contributed by atoms with Gasteiger partial charge in [-0.15, -0.1) is 0 Å². The smallest absolute Gasteiger partial charge is 0.433 e. The van der Waals surface area contributed by atoms with Crippen molar-refractivity contribution in [3.63, 3.8) is 0 Å². The zero-order valence-corrected chi connectivity index (χ0v) is 7.38. The maximum absolute atomic E-state index is 12.2. The number of alkyl halides is 3. The number of aliphatic carboxylic acids is 1. The third kappa shape index (κ3) is 2.83. The van der Waals surface area contributed by atoms with Crippen LogP contribution in [0.2, 0.25) is 0 Å². The highest BCUT2D eigenvalue weighted by atomic mass is 19.4. The van der Waals surface area contributed by atoms with Gasteiger partial charge in [-0.05, 0) is 12.1 Å². The molecule has 3 N–H and O–H groups in total. The van der Waals surface area contributed by atoms with E-state index in [9.17, 15) is 18.0 Å². The third-order valence-corrected chi connectivity index (χ3v) is 1.62. The molecule has 0 amide bonds. The van der Waals surface area contributed by atoms with Gasteiger partial charge in [0.1, 0.15) is 5.69 Å². The number of aromatic nitrogens is 1. The summed E-state index contributed by atoms with van der Waals surface area (Å²) in [4.78, 5) is 13.5. The van der Waals surface area contributed by atoms with Crippen molar-refractivity contribution in [1.82, 2.24) is 4.98 Å². The molecule has 0 spiro atoms. The molecule has 7 heteroatoms. The lowest BCUT2D eigenvalue weighted by molar-refractivity contribution is -0.142. The fraction of sp³-hybridized carbons (Fsp3) is 0.250. The predicted octanol–water partition coefficient (Wildman–Crippen LogP) is 1.31. The summed E-state index contributed by atoms with van der Waals surface area (Å²) in [7, 11) is 0. The zero-order valence-electron chi connectivity index (χ0n) is 7.38. The van der Waals surface area contributed by atoms with Crippen molar-refractivity contribution in [3.05, 3.63) is 23.5 Å². The van der Waals surface area contributed by atoms with Crippen molar-refractivity contribution in [2.45, 2.75) is 12.6 Å². The van der Waals surface area contributed by atoms with E-state index in [1.165, 1.54) is 0 Å². The molecule has 1 aromatic rings. The predicted molar refractivity (Wildman–Crippen MR) is 45.0 cm³/mol. The molecule has 0 saturated carbocycles. The summed E-state index contributed by atoms with van der Waals surface area (Å²) < 4.78 is 36.6. The number of nitrogen functional groups attached to an aromatic ring is 1.